The summed E-state index contributed by atoms with van der Waals surface area (Å²) in [5.41, 5.74) is 1.72. The molecule has 12 heteroatoms. The Morgan fingerprint density at radius 3 is 2.51 bits per heavy atom. The lowest BCUT2D eigenvalue weighted by molar-refractivity contribution is -0.118. The van der Waals surface area contributed by atoms with Crippen LogP contribution >= 0.6 is 11.6 Å². The molecule has 1 amide bonds. The lowest BCUT2D eigenvalue weighted by Crippen LogP contribution is -2.28. The predicted molar refractivity (Wildman–Crippen MR) is 132 cm³/mol. The van der Waals surface area contributed by atoms with E-state index >= 15 is 0 Å². The second-order valence-corrected chi connectivity index (χ2v) is 10.0. The van der Waals surface area contributed by atoms with E-state index < -0.39 is 10.0 Å². The van der Waals surface area contributed by atoms with Crippen LogP contribution in [-0.2, 0) is 14.8 Å². The van der Waals surface area contributed by atoms with Crippen LogP contribution in [0.15, 0.2) is 65.6 Å². The number of rotatable bonds is 9. The fourth-order valence-corrected chi connectivity index (χ4v) is 4.31. The molecule has 0 radical (unpaired) electrons. The molecule has 10 nitrogen and oxygen atoms in total. The van der Waals surface area contributed by atoms with Gasteiger partial charge in [-0.15, -0.1) is 15.3 Å². The molecule has 35 heavy (non-hydrogen) atoms. The monoisotopic (exact) mass is 514 g/mol. The minimum Gasteiger partial charge on any atom is -0.475 e. The van der Waals surface area contributed by atoms with Gasteiger partial charge in [0.05, 0.1) is 9.92 Å². The fourth-order valence-electron chi connectivity index (χ4n) is 3.08. The van der Waals surface area contributed by atoms with Crippen LogP contribution in [0.4, 0.5) is 5.69 Å². The number of sulfonamides is 1. The minimum atomic E-state index is -3.75. The van der Waals surface area contributed by atoms with Gasteiger partial charge in [-0.25, -0.2) is 13.1 Å². The summed E-state index contributed by atoms with van der Waals surface area (Å²) < 4.78 is 34.7. The standard InChI is InChI=1S/C23H23ClN6O4S/c1-15(2)23(31)26-16-7-9-17(10-8-16)35(32,33)25-13-14-34-21-12-11-20-27-28-22(30(20)29-21)18-5-3-4-6-19(18)24/h3-12,15,25H,13-14H2,1-2H3,(H,26,31). The number of amides is 1. The van der Waals surface area contributed by atoms with Crippen LogP contribution in [0.3, 0.4) is 0 Å². The number of hydrogen-bond acceptors (Lipinski definition) is 7. The minimum absolute atomic E-state index is 0.0213. The van der Waals surface area contributed by atoms with E-state index in [0.717, 1.165) is 0 Å². The van der Waals surface area contributed by atoms with Gasteiger partial charge in [-0.2, -0.15) is 4.52 Å². The van der Waals surface area contributed by atoms with Gasteiger partial charge in [0.1, 0.15) is 6.61 Å². The molecule has 0 aliphatic heterocycles. The highest BCUT2D eigenvalue weighted by molar-refractivity contribution is 7.89. The first-order valence-electron chi connectivity index (χ1n) is 10.8. The number of nitrogens with one attached hydrogen (secondary N) is 2. The molecule has 2 aromatic carbocycles. The van der Waals surface area contributed by atoms with Crippen molar-refractivity contribution in [3.8, 4) is 17.3 Å². The molecule has 0 atom stereocenters. The van der Waals surface area contributed by atoms with Crippen molar-refractivity contribution < 1.29 is 17.9 Å². The molecule has 0 saturated carbocycles. The average Bonchev–Trinajstić information content (AvgIpc) is 3.25. The molecule has 0 saturated heterocycles. The van der Waals surface area contributed by atoms with E-state index in [-0.39, 0.29) is 35.8 Å². The van der Waals surface area contributed by atoms with Crippen LogP contribution in [0, 0.1) is 5.92 Å². The van der Waals surface area contributed by atoms with Crippen molar-refractivity contribution in [1.29, 1.82) is 0 Å². The summed E-state index contributed by atoms with van der Waals surface area (Å²) in [7, 11) is -3.75. The third-order valence-electron chi connectivity index (χ3n) is 4.95. The Morgan fingerprint density at radius 1 is 1.06 bits per heavy atom. The van der Waals surface area contributed by atoms with Crippen LogP contribution < -0.4 is 14.8 Å². The maximum absolute atomic E-state index is 12.6. The second-order valence-electron chi connectivity index (χ2n) is 7.86. The lowest BCUT2D eigenvalue weighted by atomic mass is 10.2. The number of carbonyl (C=O) groups excluding carboxylic acids is 1. The van der Waals surface area contributed by atoms with Crippen molar-refractivity contribution in [3.05, 3.63) is 65.7 Å². The number of anilines is 1. The third kappa shape index (κ3) is 5.76. The molecular weight excluding hydrogens is 492 g/mol. The molecule has 4 rings (SSSR count). The highest BCUT2D eigenvalue weighted by atomic mass is 35.5. The molecule has 4 aromatic rings. The van der Waals surface area contributed by atoms with Crippen molar-refractivity contribution in [2.45, 2.75) is 18.7 Å². The lowest BCUT2D eigenvalue weighted by Gasteiger charge is -2.10. The van der Waals surface area contributed by atoms with Crippen molar-refractivity contribution in [1.82, 2.24) is 24.5 Å². The summed E-state index contributed by atoms with van der Waals surface area (Å²) in [5, 5.41) is 15.9. The summed E-state index contributed by atoms with van der Waals surface area (Å²) in [6.45, 7) is 3.62. The zero-order chi connectivity index (χ0) is 25.0. The molecule has 0 aliphatic rings. The first-order valence-corrected chi connectivity index (χ1v) is 12.6. The van der Waals surface area contributed by atoms with Crippen LogP contribution in [0.5, 0.6) is 5.88 Å². The molecule has 182 valence electrons. The molecule has 2 aromatic heterocycles. The largest absolute Gasteiger partial charge is 0.475 e. The molecule has 0 unspecified atom stereocenters. The Morgan fingerprint density at radius 2 is 1.80 bits per heavy atom. The van der Waals surface area contributed by atoms with Gasteiger partial charge in [-0.05, 0) is 42.5 Å². The Hall–Kier alpha value is -3.54. The summed E-state index contributed by atoms with van der Waals surface area (Å²) in [6, 6.07) is 16.5. The summed E-state index contributed by atoms with van der Waals surface area (Å²) >= 11 is 6.27. The molecule has 0 spiro atoms. The number of carbonyl (C=O) groups is 1. The van der Waals surface area contributed by atoms with E-state index in [9.17, 15) is 13.2 Å². The van der Waals surface area contributed by atoms with E-state index in [0.29, 0.717) is 27.7 Å². The average molecular weight is 515 g/mol. The normalized spacial score (nSPS) is 11.7. The zero-order valence-electron chi connectivity index (χ0n) is 19.0. The van der Waals surface area contributed by atoms with Crippen molar-refractivity contribution in [2.75, 3.05) is 18.5 Å². The van der Waals surface area contributed by atoms with Gasteiger partial charge < -0.3 is 10.1 Å². The first-order chi connectivity index (χ1) is 16.7. The van der Waals surface area contributed by atoms with Gasteiger partial charge in [0.2, 0.25) is 21.8 Å². The van der Waals surface area contributed by atoms with Gasteiger partial charge in [-0.1, -0.05) is 37.6 Å². The molecule has 2 heterocycles. The van der Waals surface area contributed by atoms with Crippen LogP contribution in [-0.4, -0.2) is 47.3 Å². The topological polar surface area (TPSA) is 128 Å². The maximum atomic E-state index is 12.6. The number of nitrogens with zero attached hydrogens (tertiary/aromatic N) is 4. The van der Waals surface area contributed by atoms with E-state index in [2.05, 4.69) is 25.3 Å². The summed E-state index contributed by atoms with van der Waals surface area (Å²) in [4.78, 5) is 11.9. The van der Waals surface area contributed by atoms with Gasteiger partial charge in [-0.3, -0.25) is 4.79 Å². The summed E-state index contributed by atoms with van der Waals surface area (Å²) in [6.07, 6.45) is 0. The predicted octanol–water partition coefficient (Wildman–Crippen LogP) is 3.40. The smallest absolute Gasteiger partial charge is 0.240 e. The second kappa shape index (κ2) is 10.4. The van der Waals surface area contributed by atoms with Crippen LogP contribution in [0.1, 0.15) is 13.8 Å². The zero-order valence-corrected chi connectivity index (χ0v) is 20.5. The van der Waals surface area contributed by atoms with Crippen molar-refractivity contribution >= 4 is 38.9 Å². The number of aromatic nitrogens is 4. The van der Waals surface area contributed by atoms with E-state index in [1.54, 1.807) is 44.2 Å². The van der Waals surface area contributed by atoms with Crippen molar-refractivity contribution in [3.63, 3.8) is 0 Å². The van der Waals surface area contributed by atoms with Crippen LogP contribution in [0.2, 0.25) is 5.02 Å². The highest BCUT2D eigenvalue weighted by Crippen LogP contribution is 2.26. The molecule has 0 fully saturated rings. The Labute approximate surface area is 207 Å². The van der Waals surface area contributed by atoms with E-state index in [1.807, 2.05) is 18.2 Å². The SMILES string of the molecule is CC(C)C(=O)Nc1ccc(S(=O)(=O)NCCOc2ccc3nnc(-c4ccccc4Cl)n3n2)cc1. The van der Waals surface area contributed by atoms with E-state index in [4.69, 9.17) is 16.3 Å². The quantitative estimate of drug-likeness (QED) is 0.328. The molecular formula is C23H23ClN6O4S. The molecule has 2 N–H and O–H groups in total. The number of ether oxygens (including phenoxy) is 1. The Kier molecular flexibility index (Phi) is 7.29. The van der Waals surface area contributed by atoms with Gasteiger partial charge >= 0.3 is 0 Å². The van der Waals surface area contributed by atoms with Gasteiger partial charge in [0, 0.05) is 29.8 Å². The third-order valence-corrected chi connectivity index (χ3v) is 6.76. The number of benzene rings is 2. The number of hydrogen-bond donors (Lipinski definition) is 2. The maximum Gasteiger partial charge on any atom is 0.240 e. The Bertz CT molecular complexity index is 1450. The summed E-state index contributed by atoms with van der Waals surface area (Å²) in [5.74, 6) is 0.413. The fraction of sp³-hybridized carbons (Fsp3) is 0.217. The molecule has 0 bridgehead atoms. The van der Waals surface area contributed by atoms with Crippen molar-refractivity contribution in [2.24, 2.45) is 5.92 Å². The number of halogens is 1. The Balaban J connectivity index is 1.37. The first kappa shape index (κ1) is 24.6. The van der Waals surface area contributed by atoms with Crippen LogP contribution in [0.25, 0.3) is 17.0 Å². The number of fused-ring (bicyclic) bond motifs is 1. The molecule has 0 aliphatic carbocycles. The van der Waals surface area contributed by atoms with E-state index in [1.165, 1.54) is 16.6 Å². The van der Waals surface area contributed by atoms with Gasteiger partial charge in [0.25, 0.3) is 0 Å². The van der Waals surface area contributed by atoms with Gasteiger partial charge in [0.15, 0.2) is 11.5 Å². The highest BCUT2D eigenvalue weighted by Gasteiger charge is 2.15.